The Labute approximate surface area is 103 Å². The minimum Gasteiger partial charge on any atom is -0.373 e. The topological polar surface area (TPSA) is 29.5 Å². The highest BCUT2D eigenvalue weighted by Crippen LogP contribution is 2.35. The third-order valence-corrected chi connectivity index (χ3v) is 3.43. The molecule has 17 heavy (non-hydrogen) atoms. The molecule has 0 aromatic carbocycles. The maximum Gasteiger partial charge on any atom is 0.471 e. The summed E-state index contributed by atoms with van der Waals surface area (Å²) in [4.78, 5) is 12.3. The van der Waals surface area contributed by atoms with Gasteiger partial charge in [0.05, 0.1) is 0 Å². The highest BCUT2D eigenvalue weighted by molar-refractivity contribution is 7.84. The number of halogens is 3. The third-order valence-electron chi connectivity index (χ3n) is 3.02. The lowest BCUT2D eigenvalue weighted by Gasteiger charge is -2.40. The van der Waals surface area contributed by atoms with Crippen LogP contribution >= 0.6 is 12.6 Å². The first-order valence-corrected chi connectivity index (χ1v) is 5.47. The molecule has 1 aliphatic heterocycles. The van der Waals surface area contributed by atoms with Crippen molar-refractivity contribution in [3.8, 4) is 0 Å². The Morgan fingerprint density at radius 3 is 2.18 bits per heavy atom. The van der Waals surface area contributed by atoms with Crippen LogP contribution in [-0.2, 0) is 9.53 Å². The normalized spacial score (nSPS) is 20.2. The molecule has 1 saturated heterocycles. The molecule has 0 saturated carbocycles. The number of likely N-dealkylation sites (tertiary alicyclic amines) is 1. The monoisotopic (exact) mass is 269 g/mol. The first kappa shape index (κ1) is 14.4. The van der Waals surface area contributed by atoms with Gasteiger partial charge in [-0.15, -0.1) is 12.6 Å². The van der Waals surface area contributed by atoms with E-state index >= 15 is 0 Å². The van der Waals surface area contributed by atoms with Crippen LogP contribution in [0.4, 0.5) is 13.2 Å². The van der Waals surface area contributed by atoms with Crippen molar-refractivity contribution < 1.29 is 22.7 Å². The summed E-state index contributed by atoms with van der Waals surface area (Å²) in [7, 11) is 1.46. The molecule has 0 aliphatic carbocycles. The fraction of sp³-hybridized carbons (Fsp3) is 0.700. The average molecular weight is 269 g/mol. The van der Waals surface area contributed by atoms with Crippen molar-refractivity contribution in [2.75, 3.05) is 20.2 Å². The number of ether oxygens (including phenoxy) is 1. The molecule has 1 aliphatic rings. The maximum atomic E-state index is 12.2. The molecular weight excluding hydrogens is 255 g/mol. The van der Waals surface area contributed by atoms with Crippen LogP contribution in [0.15, 0.2) is 11.5 Å². The molecule has 1 fully saturated rings. The number of hydrogen-bond donors (Lipinski definition) is 1. The Bertz CT molecular complexity index is 322. The molecule has 0 aromatic heterocycles. The molecular formula is C10H14F3NO2S. The number of carbonyl (C=O) groups is 1. The number of alkyl halides is 3. The summed E-state index contributed by atoms with van der Waals surface area (Å²) in [5.74, 6) is -1.80. The molecule has 1 rings (SSSR count). The molecule has 0 radical (unpaired) electrons. The standard InChI is InChI=1S/C10H14F3NO2S/c1-7(17)9(16-2)3-5-14(6-4-9)8(15)10(11,12)13/h17H,1,3-6H2,2H3. The highest BCUT2D eigenvalue weighted by atomic mass is 32.1. The average Bonchev–Trinajstić information content (AvgIpc) is 2.26. The van der Waals surface area contributed by atoms with Crippen LogP contribution in [-0.4, -0.2) is 42.8 Å². The van der Waals surface area contributed by atoms with Gasteiger partial charge in [-0.1, -0.05) is 6.58 Å². The van der Waals surface area contributed by atoms with Crippen LogP contribution in [0.3, 0.4) is 0 Å². The smallest absolute Gasteiger partial charge is 0.373 e. The predicted octanol–water partition coefficient (Wildman–Crippen LogP) is 2.00. The minimum absolute atomic E-state index is 0.00817. The zero-order valence-electron chi connectivity index (χ0n) is 9.38. The molecule has 1 amide bonds. The van der Waals surface area contributed by atoms with Gasteiger partial charge in [-0.25, -0.2) is 0 Å². The lowest BCUT2D eigenvalue weighted by Crippen LogP contribution is -2.51. The molecule has 98 valence electrons. The van der Waals surface area contributed by atoms with Crippen LogP contribution in [0.25, 0.3) is 0 Å². The van der Waals surface area contributed by atoms with E-state index in [1.165, 1.54) is 7.11 Å². The van der Waals surface area contributed by atoms with Crippen LogP contribution < -0.4 is 0 Å². The Hall–Kier alpha value is -0.690. The van der Waals surface area contributed by atoms with E-state index in [4.69, 9.17) is 4.74 Å². The largest absolute Gasteiger partial charge is 0.471 e. The van der Waals surface area contributed by atoms with Gasteiger partial charge in [0, 0.05) is 25.1 Å². The summed E-state index contributed by atoms with van der Waals surface area (Å²) >= 11 is 4.10. The molecule has 0 atom stereocenters. The first-order chi connectivity index (χ1) is 7.73. The second kappa shape index (κ2) is 4.89. The van der Waals surface area contributed by atoms with Crippen molar-refractivity contribution in [2.45, 2.75) is 24.6 Å². The van der Waals surface area contributed by atoms with Crippen LogP contribution in [0.5, 0.6) is 0 Å². The van der Waals surface area contributed by atoms with Crippen LogP contribution in [0.2, 0.25) is 0 Å². The number of amides is 1. The van der Waals surface area contributed by atoms with E-state index < -0.39 is 17.7 Å². The maximum absolute atomic E-state index is 12.2. The number of carbonyl (C=O) groups excluding carboxylic acids is 1. The fourth-order valence-electron chi connectivity index (χ4n) is 1.86. The number of piperidine rings is 1. The van der Waals surface area contributed by atoms with Crippen molar-refractivity contribution >= 4 is 18.5 Å². The lowest BCUT2D eigenvalue weighted by atomic mass is 9.91. The number of rotatable bonds is 2. The third kappa shape index (κ3) is 2.95. The molecule has 7 heteroatoms. The Balaban J connectivity index is 2.68. The summed E-state index contributed by atoms with van der Waals surface area (Å²) in [5.41, 5.74) is -0.731. The Kier molecular flexibility index (Phi) is 4.14. The molecule has 0 spiro atoms. The van der Waals surface area contributed by atoms with Gasteiger partial charge in [0.1, 0.15) is 5.60 Å². The van der Waals surface area contributed by atoms with E-state index in [-0.39, 0.29) is 25.9 Å². The van der Waals surface area contributed by atoms with Crippen LogP contribution in [0, 0.1) is 0 Å². The second-order valence-electron chi connectivity index (χ2n) is 3.94. The van der Waals surface area contributed by atoms with Gasteiger partial charge in [-0.05, 0) is 12.8 Å². The second-order valence-corrected chi connectivity index (χ2v) is 4.47. The van der Waals surface area contributed by atoms with E-state index in [2.05, 4.69) is 19.2 Å². The summed E-state index contributed by atoms with van der Waals surface area (Å²) in [6, 6.07) is 0. The van der Waals surface area contributed by atoms with Crippen molar-refractivity contribution in [2.24, 2.45) is 0 Å². The molecule has 0 N–H and O–H groups in total. The number of methoxy groups -OCH3 is 1. The molecule has 0 bridgehead atoms. The van der Waals surface area contributed by atoms with E-state index in [1.54, 1.807) is 0 Å². The van der Waals surface area contributed by atoms with Crippen molar-refractivity contribution in [1.29, 1.82) is 0 Å². The van der Waals surface area contributed by atoms with Crippen molar-refractivity contribution in [1.82, 2.24) is 4.90 Å². The SMILES string of the molecule is C=C(S)C1(OC)CCN(C(=O)C(F)(F)F)CC1. The Morgan fingerprint density at radius 2 is 1.88 bits per heavy atom. The van der Waals surface area contributed by atoms with E-state index in [0.29, 0.717) is 4.91 Å². The van der Waals surface area contributed by atoms with Gasteiger partial charge < -0.3 is 9.64 Å². The molecule has 0 aromatic rings. The van der Waals surface area contributed by atoms with Gasteiger partial charge >= 0.3 is 12.1 Å². The summed E-state index contributed by atoms with van der Waals surface area (Å²) < 4.78 is 41.9. The van der Waals surface area contributed by atoms with E-state index in [9.17, 15) is 18.0 Å². The quantitative estimate of drug-likeness (QED) is 0.777. The highest BCUT2D eigenvalue weighted by Gasteiger charge is 2.46. The Morgan fingerprint density at radius 1 is 1.41 bits per heavy atom. The summed E-state index contributed by atoms with van der Waals surface area (Å²) in [6.07, 6.45) is -4.27. The zero-order chi connectivity index (χ0) is 13.3. The van der Waals surface area contributed by atoms with Crippen LogP contribution in [0.1, 0.15) is 12.8 Å². The van der Waals surface area contributed by atoms with Crippen molar-refractivity contribution in [3.63, 3.8) is 0 Å². The summed E-state index contributed by atoms with van der Waals surface area (Å²) in [5, 5.41) is 0. The van der Waals surface area contributed by atoms with Gasteiger partial charge in [0.2, 0.25) is 0 Å². The minimum atomic E-state index is -4.81. The van der Waals surface area contributed by atoms with Crippen molar-refractivity contribution in [3.05, 3.63) is 11.5 Å². The first-order valence-electron chi connectivity index (χ1n) is 5.02. The van der Waals surface area contributed by atoms with E-state index in [1.807, 2.05) is 0 Å². The number of hydrogen-bond acceptors (Lipinski definition) is 3. The fourth-order valence-corrected chi connectivity index (χ4v) is 2.18. The summed E-state index contributed by atoms with van der Waals surface area (Å²) in [6.45, 7) is 3.64. The molecule has 1 heterocycles. The van der Waals surface area contributed by atoms with Gasteiger partial charge in [0.15, 0.2) is 0 Å². The number of nitrogens with zero attached hydrogens (tertiary/aromatic N) is 1. The number of thiol groups is 1. The predicted molar refractivity (Wildman–Crippen MR) is 59.7 cm³/mol. The van der Waals surface area contributed by atoms with Gasteiger partial charge in [0.25, 0.3) is 0 Å². The zero-order valence-corrected chi connectivity index (χ0v) is 10.3. The molecule has 3 nitrogen and oxygen atoms in total. The lowest BCUT2D eigenvalue weighted by molar-refractivity contribution is -0.188. The van der Waals surface area contributed by atoms with Gasteiger partial charge in [-0.2, -0.15) is 13.2 Å². The van der Waals surface area contributed by atoms with E-state index in [0.717, 1.165) is 4.90 Å². The molecule has 0 unspecified atom stereocenters. The van der Waals surface area contributed by atoms with Gasteiger partial charge in [-0.3, -0.25) is 4.79 Å².